The second kappa shape index (κ2) is 5.90. The van der Waals surface area contributed by atoms with Crippen molar-refractivity contribution < 1.29 is 14.0 Å². The SMILES string of the molecule is OC1CNC(c2nc(CSc3cccc(F)c3)no2)C1. The molecule has 0 amide bonds. The molecule has 20 heavy (non-hydrogen) atoms. The highest BCUT2D eigenvalue weighted by atomic mass is 32.2. The second-order valence-electron chi connectivity index (χ2n) is 4.65. The van der Waals surface area contributed by atoms with E-state index in [1.54, 1.807) is 6.07 Å². The van der Waals surface area contributed by atoms with Crippen LogP contribution in [0.2, 0.25) is 0 Å². The van der Waals surface area contributed by atoms with Gasteiger partial charge in [0.25, 0.3) is 0 Å². The van der Waals surface area contributed by atoms with Crippen LogP contribution in [-0.4, -0.2) is 27.9 Å². The number of nitrogens with zero attached hydrogens (tertiary/aromatic N) is 2. The van der Waals surface area contributed by atoms with Crippen LogP contribution in [0.15, 0.2) is 33.7 Å². The Morgan fingerprint density at radius 1 is 1.50 bits per heavy atom. The van der Waals surface area contributed by atoms with E-state index in [0.717, 1.165) is 4.90 Å². The molecule has 0 saturated carbocycles. The minimum Gasteiger partial charge on any atom is -0.392 e. The number of β-amino-alcohol motifs (C(OH)–C–C–N with tert-alkyl or cyclic N) is 1. The van der Waals surface area contributed by atoms with Crippen LogP contribution >= 0.6 is 11.8 Å². The van der Waals surface area contributed by atoms with Crippen LogP contribution in [0.3, 0.4) is 0 Å². The van der Waals surface area contributed by atoms with E-state index in [-0.39, 0.29) is 18.0 Å². The lowest BCUT2D eigenvalue weighted by atomic mass is 10.2. The Hall–Kier alpha value is -1.44. The van der Waals surface area contributed by atoms with Crippen LogP contribution in [0.25, 0.3) is 0 Å². The molecule has 2 heterocycles. The number of aliphatic hydroxyl groups is 1. The van der Waals surface area contributed by atoms with Crippen LogP contribution in [0.1, 0.15) is 24.2 Å². The molecular weight excluding hydrogens is 281 g/mol. The van der Waals surface area contributed by atoms with Crippen molar-refractivity contribution in [2.24, 2.45) is 0 Å². The molecule has 1 aromatic heterocycles. The highest BCUT2D eigenvalue weighted by Gasteiger charge is 2.27. The van der Waals surface area contributed by atoms with Crippen molar-refractivity contribution in [2.45, 2.75) is 29.2 Å². The fraction of sp³-hybridized carbons (Fsp3) is 0.385. The molecule has 106 valence electrons. The summed E-state index contributed by atoms with van der Waals surface area (Å²) in [5.41, 5.74) is 0. The van der Waals surface area contributed by atoms with Gasteiger partial charge in [-0.1, -0.05) is 11.2 Å². The Morgan fingerprint density at radius 2 is 2.40 bits per heavy atom. The van der Waals surface area contributed by atoms with Crippen molar-refractivity contribution in [3.8, 4) is 0 Å². The summed E-state index contributed by atoms with van der Waals surface area (Å²) < 4.78 is 18.2. The monoisotopic (exact) mass is 295 g/mol. The van der Waals surface area contributed by atoms with Crippen molar-refractivity contribution in [1.82, 2.24) is 15.5 Å². The van der Waals surface area contributed by atoms with Gasteiger partial charge in [-0.3, -0.25) is 0 Å². The van der Waals surface area contributed by atoms with Gasteiger partial charge in [0.15, 0.2) is 5.82 Å². The number of hydrogen-bond donors (Lipinski definition) is 2. The molecule has 1 saturated heterocycles. The number of aromatic nitrogens is 2. The van der Waals surface area contributed by atoms with Crippen molar-refractivity contribution in [2.75, 3.05) is 6.54 Å². The maximum atomic E-state index is 13.0. The average molecular weight is 295 g/mol. The minimum atomic E-state index is -0.364. The quantitative estimate of drug-likeness (QED) is 0.839. The fourth-order valence-electron chi connectivity index (χ4n) is 2.08. The molecule has 5 nitrogen and oxygen atoms in total. The van der Waals surface area contributed by atoms with Gasteiger partial charge in [0, 0.05) is 11.4 Å². The predicted molar refractivity (Wildman–Crippen MR) is 71.6 cm³/mol. The third-order valence-corrected chi connectivity index (χ3v) is 4.04. The van der Waals surface area contributed by atoms with Gasteiger partial charge >= 0.3 is 0 Å². The molecule has 0 radical (unpaired) electrons. The van der Waals surface area contributed by atoms with E-state index in [4.69, 9.17) is 4.52 Å². The zero-order chi connectivity index (χ0) is 13.9. The van der Waals surface area contributed by atoms with E-state index in [1.165, 1.54) is 23.9 Å². The predicted octanol–water partition coefficient (Wildman–Crippen LogP) is 1.90. The van der Waals surface area contributed by atoms with Crippen molar-refractivity contribution >= 4 is 11.8 Å². The third kappa shape index (κ3) is 3.17. The topological polar surface area (TPSA) is 71.2 Å². The summed E-state index contributed by atoms with van der Waals surface area (Å²) in [7, 11) is 0. The van der Waals surface area contributed by atoms with E-state index in [9.17, 15) is 9.50 Å². The summed E-state index contributed by atoms with van der Waals surface area (Å²) >= 11 is 1.45. The van der Waals surface area contributed by atoms with Gasteiger partial charge in [0.1, 0.15) is 5.82 Å². The van der Waals surface area contributed by atoms with Gasteiger partial charge in [-0.15, -0.1) is 11.8 Å². The van der Waals surface area contributed by atoms with Crippen LogP contribution in [0.5, 0.6) is 0 Å². The molecule has 7 heteroatoms. The second-order valence-corrected chi connectivity index (χ2v) is 5.69. The normalized spacial score (nSPS) is 22.3. The standard InChI is InChI=1S/C13H14FN3O2S/c14-8-2-1-3-10(4-8)20-7-12-16-13(19-17-12)11-5-9(18)6-15-11/h1-4,9,11,15,18H,5-7H2. The highest BCUT2D eigenvalue weighted by Crippen LogP contribution is 2.25. The van der Waals surface area contributed by atoms with Crippen LogP contribution in [-0.2, 0) is 5.75 Å². The van der Waals surface area contributed by atoms with Crippen LogP contribution in [0, 0.1) is 5.82 Å². The lowest BCUT2D eigenvalue weighted by Gasteiger charge is -2.01. The van der Waals surface area contributed by atoms with E-state index in [0.29, 0.717) is 30.4 Å². The molecule has 1 fully saturated rings. The summed E-state index contributed by atoms with van der Waals surface area (Å²) in [6.45, 7) is 0.542. The van der Waals surface area contributed by atoms with Crippen molar-refractivity contribution in [3.05, 3.63) is 41.8 Å². The molecule has 2 aromatic rings. The summed E-state index contributed by atoms with van der Waals surface area (Å²) in [4.78, 5) is 5.12. The molecule has 1 aliphatic heterocycles. The van der Waals surface area contributed by atoms with Gasteiger partial charge < -0.3 is 14.9 Å². The van der Waals surface area contributed by atoms with E-state index >= 15 is 0 Å². The summed E-state index contributed by atoms with van der Waals surface area (Å²) in [5, 5.41) is 16.5. The first-order chi connectivity index (χ1) is 9.70. The molecule has 3 rings (SSSR count). The van der Waals surface area contributed by atoms with Crippen LogP contribution in [0.4, 0.5) is 4.39 Å². The number of thioether (sulfide) groups is 1. The molecular formula is C13H14FN3O2S. The molecule has 0 bridgehead atoms. The molecule has 0 aliphatic carbocycles. The number of hydrogen-bond acceptors (Lipinski definition) is 6. The van der Waals surface area contributed by atoms with Crippen molar-refractivity contribution in [1.29, 1.82) is 0 Å². The smallest absolute Gasteiger partial charge is 0.243 e. The van der Waals surface area contributed by atoms with E-state index in [1.807, 2.05) is 6.07 Å². The molecule has 0 spiro atoms. The summed E-state index contributed by atoms with van der Waals surface area (Å²) in [6.07, 6.45) is 0.218. The third-order valence-electron chi connectivity index (χ3n) is 3.05. The molecule has 2 N–H and O–H groups in total. The Kier molecular flexibility index (Phi) is 4.00. The Balaban J connectivity index is 1.60. The lowest BCUT2D eigenvalue weighted by molar-refractivity contribution is 0.191. The number of nitrogens with one attached hydrogen (secondary N) is 1. The Labute approximate surface area is 119 Å². The first kappa shape index (κ1) is 13.5. The fourth-order valence-corrected chi connectivity index (χ4v) is 2.86. The molecule has 2 unspecified atom stereocenters. The van der Waals surface area contributed by atoms with Gasteiger partial charge in [0.05, 0.1) is 17.9 Å². The van der Waals surface area contributed by atoms with Gasteiger partial charge in [-0.25, -0.2) is 4.39 Å². The first-order valence-electron chi connectivity index (χ1n) is 6.33. The maximum absolute atomic E-state index is 13.0. The number of rotatable bonds is 4. The van der Waals surface area contributed by atoms with Crippen LogP contribution < -0.4 is 5.32 Å². The number of benzene rings is 1. The Bertz CT molecular complexity index is 593. The average Bonchev–Trinajstić information content (AvgIpc) is 3.05. The maximum Gasteiger partial charge on any atom is 0.243 e. The lowest BCUT2D eigenvalue weighted by Crippen LogP contribution is -2.15. The highest BCUT2D eigenvalue weighted by molar-refractivity contribution is 7.98. The van der Waals surface area contributed by atoms with E-state index < -0.39 is 0 Å². The van der Waals surface area contributed by atoms with Crippen molar-refractivity contribution in [3.63, 3.8) is 0 Å². The van der Waals surface area contributed by atoms with Gasteiger partial charge in [-0.05, 0) is 24.6 Å². The summed E-state index contributed by atoms with van der Waals surface area (Å²) in [6, 6.07) is 6.31. The molecule has 1 aromatic carbocycles. The summed E-state index contributed by atoms with van der Waals surface area (Å²) in [5.74, 6) is 1.32. The van der Waals surface area contributed by atoms with Gasteiger partial charge in [-0.2, -0.15) is 4.98 Å². The zero-order valence-electron chi connectivity index (χ0n) is 10.6. The molecule has 1 aliphatic rings. The number of halogens is 1. The molecule has 2 atom stereocenters. The Morgan fingerprint density at radius 3 is 3.15 bits per heavy atom. The largest absolute Gasteiger partial charge is 0.392 e. The zero-order valence-corrected chi connectivity index (χ0v) is 11.4. The first-order valence-corrected chi connectivity index (χ1v) is 7.31. The van der Waals surface area contributed by atoms with E-state index in [2.05, 4.69) is 15.5 Å². The van der Waals surface area contributed by atoms with Gasteiger partial charge in [0.2, 0.25) is 5.89 Å². The number of aliphatic hydroxyl groups excluding tert-OH is 1. The minimum absolute atomic E-state index is 0.0783.